The summed E-state index contributed by atoms with van der Waals surface area (Å²) in [5.74, 6) is 0.642. The highest BCUT2D eigenvalue weighted by molar-refractivity contribution is 7.10. The van der Waals surface area contributed by atoms with Crippen molar-refractivity contribution in [3.8, 4) is 17.3 Å². The Morgan fingerprint density at radius 1 is 1.10 bits per heavy atom. The monoisotopic (exact) mass is 296 g/mol. The van der Waals surface area contributed by atoms with E-state index in [2.05, 4.69) is 11.4 Å². The van der Waals surface area contributed by atoms with Gasteiger partial charge in [-0.1, -0.05) is 44.2 Å². The largest absolute Gasteiger partial charge is 0.241 e. The molecule has 0 N–H and O–H groups in total. The van der Waals surface area contributed by atoms with Crippen molar-refractivity contribution in [1.29, 1.82) is 5.26 Å². The van der Waals surface area contributed by atoms with Gasteiger partial charge in [-0.15, -0.1) is 11.3 Å². The molecule has 1 aromatic heterocycles. The average Bonchev–Trinajstić information content (AvgIpc) is 2.97. The van der Waals surface area contributed by atoms with Crippen molar-refractivity contribution in [3.05, 3.63) is 40.2 Å². The summed E-state index contributed by atoms with van der Waals surface area (Å²) in [5, 5.41) is 12.4. The number of hydrogen-bond acceptors (Lipinski definition) is 3. The molecular weight excluding hydrogens is 276 g/mol. The van der Waals surface area contributed by atoms with Gasteiger partial charge in [0.15, 0.2) is 0 Å². The molecular formula is C18H20N2S. The van der Waals surface area contributed by atoms with Crippen LogP contribution in [0.5, 0.6) is 0 Å². The number of aromatic nitrogens is 1. The molecule has 1 heterocycles. The van der Waals surface area contributed by atoms with Crippen LogP contribution in [0.25, 0.3) is 11.3 Å². The van der Waals surface area contributed by atoms with Crippen molar-refractivity contribution in [2.24, 2.45) is 0 Å². The van der Waals surface area contributed by atoms with Gasteiger partial charge in [0.05, 0.1) is 22.3 Å². The summed E-state index contributed by atoms with van der Waals surface area (Å²) >= 11 is 1.79. The van der Waals surface area contributed by atoms with Gasteiger partial charge in [0.25, 0.3) is 0 Å². The molecule has 1 fully saturated rings. The van der Waals surface area contributed by atoms with Gasteiger partial charge < -0.3 is 0 Å². The van der Waals surface area contributed by atoms with Crippen molar-refractivity contribution in [2.75, 3.05) is 0 Å². The fourth-order valence-corrected chi connectivity index (χ4v) is 4.06. The van der Waals surface area contributed by atoms with Crippen LogP contribution in [-0.2, 0) is 0 Å². The van der Waals surface area contributed by atoms with Crippen molar-refractivity contribution in [3.63, 3.8) is 0 Å². The summed E-state index contributed by atoms with van der Waals surface area (Å²) in [4.78, 5) is 4.86. The van der Waals surface area contributed by atoms with Crippen molar-refractivity contribution in [2.45, 2.75) is 50.9 Å². The minimum absolute atomic E-state index is 0.642. The van der Waals surface area contributed by atoms with E-state index in [4.69, 9.17) is 10.2 Å². The molecule has 1 aliphatic rings. The molecule has 0 spiro atoms. The fraction of sp³-hybridized carbons (Fsp3) is 0.444. The minimum atomic E-state index is 0.642. The lowest BCUT2D eigenvalue weighted by molar-refractivity contribution is 0.454. The molecule has 0 amide bonds. The van der Waals surface area contributed by atoms with Crippen LogP contribution in [0.1, 0.15) is 61.4 Å². The SMILES string of the molecule is N#Cc1cccc(-c2csc(C3CCCCCCC3)n2)c1. The van der Waals surface area contributed by atoms with Gasteiger partial charge in [0, 0.05) is 16.9 Å². The molecule has 1 saturated carbocycles. The highest BCUT2D eigenvalue weighted by Gasteiger charge is 2.17. The van der Waals surface area contributed by atoms with E-state index in [-0.39, 0.29) is 0 Å². The van der Waals surface area contributed by atoms with Crippen molar-refractivity contribution < 1.29 is 0 Å². The third kappa shape index (κ3) is 3.51. The predicted octanol–water partition coefficient (Wildman–Crippen LogP) is 5.51. The van der Waals surface area contributed by atoms with Crippen LogP contribution in [0.2, 0.25) is 0 Å². The Labute approximate surface area is 130 Å². The zero-order valence-corrected chi connectivity index (χ0v) is 13.0. The number of nitrogens with zero attached hydrogens (tertiary/aromatic N) is 2. The first-order chi connectivity index (χ1) is 10.4. The van der Waals surface area contributed by atoms with Gasteiger partial charge in [0.2, 0.25) is 0 Å². The smallest absolute Gasteiger partial charge is 0.0991 e. The van der Waals surface area contributed by atoms with Crippen LogP contribution in [0.15, 0.2) is 29.6 Å². The summed E-state index contributed by atoms with van der Waals surface area (Å²) in [5.41, 5.74) is 2.78. The second kappa shape index (κ2) is 6.87. The van der Waals surface area contributed by atoms with E-state index in [1.165, 1.54) is 50.0 Å². The number of thiazole rings is 1. The van der Waals surface area contributed by atoms with E-state index in [9.17, 15) is 0 Å². The summed E-state index contributed by atoms with van der Waals surface area (Å²) < 4.78 is 0. The first-order valence-electron chi connectivity index (χ1n) is 7.83. The van der Waals surface area contributed by atoms with Gasteiger partial charge in [-0.05, 0) is 25.0 Å². The topological polar surface area (TPSA) is 36.7 Å². The van der Waals surface area contributed by atoms with E-state index < -0.39 is 0 Å². The second-order valence-corrected chi connectivity index (χ2v) is 6.70. The molecule has 0 aliphatic heterocycles. The molecule has 0 bridgehead atoms. The maximum absolute atomic E-state index is 9.01. The van der Waals surface area contributed by atoms with Crippen LogP contribution in [0, 0.1) is 11.3 Å². The van der Waals surface area contributed by atoms with E-state index >= 15 is 0 Å². The molecule has 2 aromatic rings. The zero-order valence-electron chi connectivity index (χ0n) is 12.2. The lowest BCUT2D eigenvalue weighted by Crippen LogP contribution is -2.01. The molecule has 0 saturated heterocycles. The zero-order chi connectivity index (χ0) is 14.5. The molecule has 3 heteroatoms. The van der Waals surface area contributed by atoms with E-state index in [0.29, 0.717) is 11.5 Å². The van der Waals surface area contributed by atoms with Crippen LogP contribution in [-0.4, -0.2) is 4.98 Å². The third-order valence-corrected chi connectivity index (χ3v) is 5.27. The van der Waals surface area contributed by atoms with Crippen LogP contribution >= 0.6 is 11.3 Å². The van der Waals surface area contributed by atoms with Gasteiger partial charge >= 0.3 is 0 Å². The molecule has 1 aliphatic carbocycles. The standard InChI is InChI=1S/C18H20N2S/c19-12-14-7-6-10-16(11-14)17-13-21-18(20-17)15-8-4-2-1-3-5-9-15/h6-7,10-11,13,15H,1-5,8-9H2. The normalized spacial score (nSPS) is 16.9. The summed E-state index contributed by atoms with van der Waals surface area (Å²) in [6.45, 7) is 0. The predicted molar refractivity (Wildman–Crippen MR) is 87.3 cm³/mol. The first kappa shape index (κ1) is 14.3. The molecule has 0 atom stereocenters. The molecule has 0 unspecified atom stereocenters. The number of benzene rings is 1. The van der Waals surface area contributed by atoms with Gasteiger partial charge in [-0.3, -0.25) is 0 Å². The lowest BCUT2D eigenvalue weighted by Gasteiger charge is -2.17. The van der Waals surface area contributed by atoms with E-state index in [1.54, 1.807) is 11.3 Å². The summed E-state index contributed by atoms with van der Waals surface area (Å²) in [6.07, 6.45) is 9.39. The molecule has 0 radical (unpaired) electrons. The quantitative estimate of drug-likeness (QED) is 0.732. The summed E-state index contributed by atoms with van der Waals surface area (Å²) in [7, 11) is 0. The summed E-state index contributed by atoms with van der Waals surface area (Å²) in [6, 6.07) is 9.94. The molecule has 3 rings (SSSR count). The lowest BCUT2D eigenvalue weighted by atomic mass is 9.92. The maximum atomic E-state index is 9.01. The van der Waals surface area contributed by atoms with E-state index in [0.717, 1.165) is 11.3 Å². The van der Waals surface area contributed by atoms with Gasteiger partial charge in [0.1, 0.15) is 0 Å². The molecule has 21 heavy (non-hydrogen) atoms. The Bertz CT molecular complexity index is 631. The Balaban J connectivity index is 1.80. The van der Waals surface area contributed by atoms with Crippen LogP contribution in [0.4, 0.5) is 0 Å². The van der Waals surface area contributed by atoms with Crippen molar-refractivity contribution >= 4 is 11.3 Å². The van der Waals surface area contributed by atoms with Crippen LogP contribution in [0.3, 0.4) is 0 Å². The van der Waals surface area contributed by atoms with Crippen molar-refractivity contribution in [1.82, 2.24) is 4.98 Å². The number of nitriles is 1. The highest BCUT2D eigenvalue weighted by Crippen LogP contribution is 2.34. The Hall–Kier alpha value is -1.66. The van der Waals surface area contributed by atoms with Gasteiger partial charge in [-0.25, -0.2) is 4.98 Å². The molecule has 1 aromatic carbocycles. The third-order valence-electron chi connectivity index (χ3n) is 4.26. The van der Waals surface area contributed by atoms with Crippen LogP contribution < -0.4 is 0 Å². The average molecular weight is 296 g/mol. The Kier molecular flexibility index (Phi) is 4.67. The van der Waals surface area contributed by atoms with Gasteiger partial charge in [-0.2, -0.15) is 5.26 Å². The molecule has 108 valence electrons. The first-order valence-corrected chi connectivity index (χ1v) is 8.71. The Morgan fingerprint density at radius 3 is 2.62 bits per heavy atom. The van der Waals surface area contributed by atoms with E-state index in [1.807, 2.05) is 24.3 Å². The molecule has 2 nitrogen and oxygen atoms in total. The number of rotatable bonds is 2. The second-order valence-electron chi connectivity index (χ2n) is 5.81. The fourth-order valence-electron chi connectivity index (χ4n) is 3.06. The highest BCUT2D eigenvalue weighted by atomic mass is 32.1. The Morgan fingerprint density at radius 2 is 1.86 bits per heavy atom. The maximum Gasteiger partial charge on any atom is 0.0991 e. The number of hydrogen-bond donors (Lipinski definition) is 0. The minimum Gasteiger partial charge on any atom is -0.241 e.